The summed E-state index contributed by atoms with van der Waals surface area (Å²) in [6.07, 6.45) is 6.46. The molecule has 3 rings (SSSR count). The van der Waals surface area contributed by atoms with Crippen molar-refractivity contribution in [3.05, 3.63) is 60.2 Å². The first-order chi connectivity index (χ1) is 10.9. The van der Waals surface area contributed by atoms with Gasteiger partial charge in [0.1, 0.15) is 6.61 Å². The van der Waals surface area contributed by atoms with Crippen LogP contribution in [0.2, 0.25) is 0 Å². The van der Waals surface area contributed by atoms with Crippen molar-refractivity contribution in [2.45, 2.75) is 37.8 Å². The molecule has 0 N–H and O–H groups in total. The molecule has 23 heavy (non-hydrogen) atoms. The lowest BCUT2D eigenvalue weighted by atomic mass is 9.73. The largest absolute Gasteiger partial charge is 0.478 e. The van der Waals surface area contributed by atoms with E-state index in [1.54, 1.807) is 0 Å². The van der Waals surface area contributed by atoms with E-state index in [0.29, 0.717) is 6.61 Å². The molecule has 2 aliphatic rings. The van der Waals surface area contributed by atoms with Gasteiger partial charge in [-0.1, -0.05) is 42.5 Å². The number of aliphatic imine (C=N–C) groups is 1. The fourth-order valence-electron chi connectivity index (χ4n) is 3.44. The molecule has 122 valence electrons. The van der Waals surface area contributed by atoms with Crippen LogP contribution in [-0.2, 0) is 10.2 Å². The number of hydrogen-bond acceptors (Lipinski definition) is 3. The van der Waals surface area contributed by atoms with Crippen molar-refractivity contribution in [1.82, 2.24) is 4.90 Å². The molecular weight excluding hydrogens is 284 g/mol. The molecule has 0 spiro atoms. The molecule has 0 unspecified atom stereocenters. The minimum absolute atomic E-state index is 0.141. The Hall–Kier alpha value is -1.87. The lowest BCUT2D eigenvalue weighted by Gasteiger charge is -2.37. The fourth-order valence-corrected chi connectivity index (χ4v) is 3.44. The molecule has 3 nitrogen and oxygen atoms in total. The summed E-state index contributed by atoms with van der Waals surface area (Å²) < 4.78 is 5.98. The second-order valence-corrected chi connectivity index (χ2v) is 7.34. The summed E-state index contributed by atoms with van der Waals surface area (Å²) in [6.45, 7) is 11.8. The molecule has 1 aliphatic heterocycles. The van der Waals surface area contributed by atoms with Crippen molar-refractivity contribution in [2.24, 2.45) is 4.99 Å². The van der Waals surface area contributed by atoms with Gasteiger partial charge in [-0.05, 0) is 38.9 Å². The summed E-state index contributed by atoms with van der Waals surface area (Å²) in [5, 5.41) is 0. The number of hydrogen-bond donors (Lipinski definition) is 0. The Morgan fingerprint density at radius 3 is 2.74 bits per heavy atom. The van der Waals surface area contributed by atoms with E-state index in [-0.39, 0.29) is 17.0 Å². The molecule has 1 aromatic rings. The monoisotopic (exact) mass is 310 g/mol. The van der Waals surface area contributed by atoms with Crippen LogP contribution in [0.25, 0.3) is 0 Å². The number of fused-ring (bicyclic) bond motifs is 1. The zero-order valence-electron chi connectivity index (χ0n) is 14.5. The number of nitrogens with zero attached hydrogens (tertiary/aromatic N) is 2. The molecule has 0 fully saturated rings. The third-order valence-electron chi connectivity index (χ3n) is 4.75. The number of ether oxygens (including phenoxy) is 1. The summed E-state index contributed by atoms with van der Waals surface area (Å²) in [5.41, 5.74) is 2.16. The van der Waals surface area contributed by atoms with Crippen molar-refractivity contribution >= 4 is 5.90 Å². The van der Waals surface area contributed by atoms with Crippen molar-refractivity contribution < 1.29 is 4.74 Å². The molecular formula is C20H26N2O. The van der Waals surface area contributed by atoms with Crippen molar-refractivity contribution in [1.29, 1.82) is 0 Å². The third kappa shape index (κ3) is 2.74. The second-order valence-electron chi connectivity index (χ2n) is 7.34. The van der Waals surface area contributed by atoms with Gasteiger partial charge in [-0.3, -0.25) is 4.90 Å². The standard InChI is InChI=1S/C20H26N2O/c1-6-13-22(5)17-11-12-20(4,16-10-8-7-9-15(16)17)18-21-19(2,3)14-23-18/h6-12,17H,1,13-14H2,2-5H3/t17-,20+/m1/s1. The first-order valence-electron chi connectivity index (χ1n) is 8.20. The second kappa shape index (κ2) is 5.64. The van der Waals surface area contributed by atoms with Gasteiger partial charge in [0, 0.05) is 6.54 Å². The van der Waals surface area contributed by atoms with Crippen LogP contribution in [0.3, 0.4) is 0 Å². The zero-order chi connectivity index (χ0) is 16.7. The highest BCUT2D eigenvalue weighted by Crippen LogP contribution is 2.42. The van der Waals surface area contributed by atoms with Gasteiger partial charge in [0.05, 0.1) is 17.0 Å². The maximum Gasteiger partial charge on any atom is 0.198 e. The summed E-state index contributed by atoms with van der Waals surface area (Å²) in [6, 6.07) is 8.87. The van der Waals surface area contributed by atoms with E-state index in [2.05, 4.69) is 75.7 Å². The average molecular weight is 310 g/mol. The molecule has 0 radical (unpaired) electrons. The summed E-state index contributed by atoms with van der Waals surface area (Å²) in [7, 11) is 2.13. The van der Waals surface area contributed by atoms with E-state index in [1.807, 2.05) is 6.08 Å². The minimum Gasteiger partial charge on any atom is -0.478 e. The maximum absolute atomic E-state index is 5.98. The Morgan fingerprint density at radius 2 is 2.09 bits per heavy atom. The zero-order valence-corrected chi connectivity index (χ0v) is 14.5. The Kier molecular flexibility index (Phi) is 3.93. The molecule has 1 heterocycles. The molecule has 0 aromatic heterocycles. The van der Waals surface area contributed by atoms with Crippen LogP contribution in [0.15, 0.2) is 54.1 Å². The van der Waals surface area contributed by atoms with Gasteiger partial charge in [-0.25, -0.2) is 4.99 Å². The van der Waals surface area contributed by atoms with Gasteiger partial charge in [-0.15, -0.1) is 6.58 Å². The average Bonchev–Trinajstić information content (AvgIpc) is 2.89. The quantitative estimate of drug-likeness (QED) is 0.788. The van der Waals surface area contributed by atoms with Crippen LogP contribution in [0.4, 0.5) is 0 Å². The molecule has 0 bridgehead atoms. The lowest BCUT2D eigenvalue weighted by molar-refractivity contribution is 0.263. The predicted octanol–water partition coefficient (Wildman–Crippen LogP) is 3.88. The van der Waals surface area contributed by atoms with Gasteiger partial charge in [0.25, 0.3) is 0 Å². The molecule has 0 saturated carbocycles. The number of rotatable bonds is 4. The first-order valence-corrected chi connectivity index (χ1v) is 8.20. The highest BCUT2D eigenvalue weighted by atomic mass is 16.5. The molecule has 2 atom stereocenters. The van der Waals surface area contributed by atoms with Gasteiger partial charge >= 0.3 is 0 Å². The van der Waals surface area contributed by atoms with E-state index in [0.717, 1.165) is 12.4 Å². The SMILES string of the molecule is C=CCN(C)[C@@H]1C=C[C@](C)(C2=NC(C)(C)CO2)c2ccccc21. The molecule has 3 heteroatoms. The molecule has 0 amide bonds. The van der Waals surface area contributed by atoms with Crippen LogP contribution < -0.4 is 0 Å². The van der Waals surface area contributed by atoms with Crippen LogP contribution in [0, 0.1) is 0 Å². The van der Waals surface area contributed by atoms with Gasteiger partial charge < -0.3 is 4.74 Å². The van der Waals surface area contributed by atoms with E-state index < -0.39 is 0 Å². The van der Waals surface area contributed by atoms with Crippen LogP contribution >= 0.6 is 0 Å². The molecule has 1 aromatic carbocycles. The third-order valence-corrected chi connectivity index (χ3v) is 4.75. The summed E-state index contributed by atoms with van der Waals surface area (Å²) >= 11 is 0. The molecule has 1 aliphatic carbocycles. The van der Waals surface area contributed by atoms with E-state index in [4.69, 9.17) is 9.73 Å². The normalized spacial score (nSPS) is 28.2. The van der Waals surface area contributed by atoms with E-state index in [9.17, 15) is 0 Å². The van der Waals surface area contributed by atoms with Crippen LogP contribution in [0.5, 0.6) is 0 Å². The number of likely N-dealkylation sites (N-methyl/N-ethyl adjacent to an activating group) is 1. The van der Waals surface area contributed by atoms with Gasteiger partial charge in [0.15, 0.2) is 5.90 Å². The van der Waals surface area contributed by atoms with Crippen molar-refractivity contribution in [3.8, 4) is 0 Å². The van der Waals surface area contributed by atoms with Crippen molar-refractivity contribution in [3.63, 3.8) is 0 Å². The lowest BCUT2D eigenvalue weighted by Crippen LogP contribution is -2.37. The maximum atomic E-state index is 5.98. The smallest absolute Gasteiger partial charge is 0.198 e. The van der Waals surface area contributed by atoms with Crippen molar-refractivity contribution in [2.75, 3.05) is 20.2 Å². The van der Waals surface area contributed by atoms with Gasteiger partial charge in [-0.2, -0.15) is 0 Å². The van der Waals surface area contributed by atoms with E-state index in [1.165, 1.54) is 11.1 Å². The predicted molar refractivity (Wildman–Crippen MR) is 96.0 cm³/mol. The van der Waals surface area contributed by atoms with E-state index >= 15 is 0 Å². The number of benzene rings is 1. The highest BCUT2D eigenvalue weighted by Gasteiger charge is 2.42. The van der Waals surface area contributed by atoms with Crippen LogP contribution in [-0.4, -0.2) is 36.5 Å². The Labute approximate surface area is 139 Å². The Morgan fingerprint density at radius 1 is 1.35 bits per heavy atom. The summed E-state index contributed by atoms with van der Waals surface area (Å²) in [4.78, 5) is 7.13. The summed E-state index contributed by atoms with van der Waals surface area (Å²) in [5.74, 6) is 0.830. The first kappa shape index (κ1) is 16.0. The Bertz CT molecular complexity index is 674. The fraction of sp³-hybridized carbons (Fsp3) is 0.450. The van der Waals surface area contributed by atoms with Gasteiger partial charge in [0.2, 0.25) is 0 Å². The Balaban J connectivity index is 2.06. The topological polar surface area (TPSA) is 24.8 Å². The highest BCUT2D eigenvalue weighted by molar-refractivity contribution is 5.92. The van der Waals surface area contributed by atoms with Crippen LogP contribution in [0.1, 0.15) is 37.9 Å². The minimum atomic E-state index is -0.296. The molecule has 0 saturated heterocycles.